The molecular formula is C11H11NOS. The van der Waals surface area contributed by atoms with Crippen LogP contribution in [-0.4, -0.2) is 10.1 Å². The molecule has 1 N–H and O–H groups in total. The molecule has 0 bridgehead atoms. The lowest BCUT2D eigenvalue weighted by Crippen LogP contribution is -1.96. The highest BCUT2D eigenvalue weighted by Gasteiger charge is 2.11. The highest BCUT2D eigenvalue weighted by Crippen LogP contribution is 2.27. The Morgan fingerprint density at radius 2 is 2.21 bits per heavy atom. The van der Waals surface area contributed by atoms with Gasteiger partial charge >= 0.3 is 0 Å². The van der Waals surface area contributed by atoms with Gasteiger partial charge in [0.05, 0.1) is 0 Å². The molecule has 0 saturated heterocycles. The lowest BCUT2D eigenvalue weighted by molar-refractivity contribution is 0.223. The highest BCUT2D eigenvalue weighted by atomic mass is 32.1. The zero-order valence-corrected chi connectivity index (χ0v) is 8.66. The van der Waals surface area contributed by atoms with Gasteiger partial charge in [-0.25, -0.2) is 0 Å². The van der Waals surface area contributed by atoms with Crippen molar-refractivity contribution in [2.75, 3.05) is 0 Å². The second-order valence-electron chi connectivity index (χ2n) is 3.14. The van der Waals surface area contributed by atoms with Crippen molar-refractivity contribution in [3.8, 4) is 0 Å². The van der Waals surface area contributed by atoms with E-state index in [2.05, 4.69) is 4.98 Å². The molecule has 0 aromatic carbocycles. The van der Waals surface area contributed by atoms with Gasteiger partial charge in [-0.3, -0.25) is 4.98 Å². The Hall–Kier alpha value is -1.19. The van der Waals surface area contributed by atoms with E-state index in [1.807, 2.05) is 31.2 Å². The first kappa shape index (κ1) is 9.37. The van der Waals surface area contributed by atoms with E-state index < -0.39 is 6.10 Å². The summed E-state index contributed by atoms with van der Waals surface area (Å²) in [5, 5.41) is 9.98. The molecule has 1 unspecified atom stereocenters. The average molecular weight is 205 g/mol. The molecule has 2 heterocycles. The Morgan fingerprint density at radius 3 is 2.79 bits per heavy atom. The molecule has 2 aromatic rings. The van der Waals surface area contributed by atoms with Crippen LogP contribution in [-0.2, 0) is 0 Å². The van der Waals surface area contributed by atoms with Gasteiger partial charge in [0.2, 0.25) is 0 Å². The van der Waals surface area contributed by atoms with Crippen LogP contribution in [0.1, 0.15) is 21.4 Å². The second kappa shape index (κ2) is 3.90. The van der Waals surface area contributed by atoms with Crippen molar-refractivity contribution in [1.29, 1.82) is 0 Å². The van der Waals surface area contributed by atoms with Gasteiger partial charge in [-0.15, -0.1) is 11.3 Å². The molecule has 2 nitrogen and oxygen atoms in total. The van der Waals surface area contributed by atoms with E-state index in [4.69, 9.17) is 0 Å². The topological polar surface area (TPSA) is 33.1 Å². The lowest BCUT2D eigenvalue weighted by Gasteiger charge is -2.07. The van der Waals surface area contributed by atoms with Crippen molar-refractivity contribution < 1.29 is 5.11 Å². The molecular weight excluding hydrogens is 194 g/mol. The molecule has 0 aliphatic heterocycles. The summed E-state index contributed by atoms with van der Waals surface area (Å²) in [7, 11) is 0. The molecule has 0 aliphatic rings. The predicted molar refractivity (Wildman–Crippen MR) is 57.4 cm³/mol. The Bertz CT molecular complexity index is 410. The van der Waals surface area contributed by atoms with Gasteiger partial charge in [0, 0.05) is 27.7 Å². The van der Waals surface area contributed by atoms with Gasteiger partial charge in [-0.2, -0.15) is 0 Å². The van der Waals surface area contributed by atoms with Crippen LogP contribution in [0.3, 0.4) is 0 Å². The summed E-state index contributed by atoms with van der Waals surface area (Å²) in [6.07, 6.45) is 2.86. The molecule has 0 fully saturated rings. The van der Waals surface area contributed by atoms with Gasteiger partial charge in [-0.1, -0.05) is 6.07 Å². The van der Waals surface area contributed by atoms with Crippen LogP contribution in [0.5, 0.6) is 0 Å². The Kier molecular flexibility index (Phi) is 2.61. The van der Waals surface area contributed by atoms with E-state index in [-0.39, 0.29) is 0 Å². The number of nitrogens with zero attached hydrogens (tertiary/aromatic N) is 1. The van der Waals surface area contributed by atoms with Gasteiger partial charge in [-0.05, 0) is 25.1 Å². The second-order valence-corrected chi connectivity index (χ2v) is 4.46. The van der Waals surface area contributed by atoms with E-state index in [0.29, 0.717) is 0 Å². The first-order chi connectivity index (χ1) is 6.77. The molecule has 72 valence electrons. The number of hydrogen-bond donors (Lipinski definition) is 1. The first-order valence-corrected chi connectivity index (χ1v) is 5.23. The number of aliphatic hydroxyl groups excluding tert-OH is 1. The van der Waals surface area contributed by atoms with Crippen LogP contribution in [0.25, 0.3) is 0 Å². The van der Waals surface area contributed by atoms with E-state index >= 15 is 0 Å². The number of rotatable bonds is 2. The predicted octanol–water partition coefficient (Wildman–Crippen LogP) is 2.53. The van der Waals surface area contributed by atoms with Gasteiger partial charge in [0.1, 0.15) is 6.10 Å². The Morgan fingerprint density at radius 1 is 1.36 bits per heavy atom. The maximum atomic E-state index is 9.98. The summed E-state index contributed by atoms with van der Waals surface area (Å²) in [6.45, 7) is 2.03. The molecule has 0 aliphatic carbocycles. The van der Waals surface area contributed by atoms with Crippen LogP contribution in [0.2, 0.25) is 0 Å². The standard InChI is InChI=1S/C11H11NOS/c1-8-4-5-10(14-8)11(13)9-3-2-6-12-7-9/h2-7,11,13H,1H3. The number of aromatic nitrogens is 1. The third-order valence-electron chi connectivity index (χ3n) is 2.03. The molecule has 2 aromatic heterocycles. The SMILES string of the molecule is Cc1ccc(C(O)c2cccnc2)s1. The fourth-order valence-corrected chi connectivity index (χ4v) is 2.19. The molecule has 2 rings (SSSR count). The van der Waals surface area contributed by atoms with Crippen LogP contribution < -0.4 is 0 Å². The van der Waals surface area contributed by atoms with Crippen LogP contribution >= 0.6 is 11.3 Å². The number of aliphatic hydroxyl groups is 1. The summed E-state index contributed by atoms with van der Waals surface area (Å²) in [5.41, 5.74) is 0.842. The quantitative estimate of drug-likeness (QED) is 0.817. The number of thiophene rings is 1. The van der Waals surface area contributed by atoms with Crippen LogP contribution in [0.4, 0.5) is 0 Å². The Balaban J connectivity index is 2.29. The normalized spacial score (nSPS) is 12.7. The van der Waals surface area contributed by atoms with Crippen molar-refractivity contribution in [1.82, 2.24) is 4.98 Å². The molecule has 14 heavy (non-hydrogen) atoms. The summed E-state index contributed by atoms with van der Waals surface area (Å²) in [4.78, 5) is 6.16. The summed E-state index contributed by atoms with van der Waals surface area (Å²) >= 11 is 1.61. The maximum absolute atomic E-state index is 9.98. The van der Waals surface area contributed by atoms with Gasteiger partial charge in [0.25, 0.3) is 0 Å². The zero-order chi connectivity index (χ0) is 9.97. The van der Waals surface area contributed by atoms with Crippen LogP contribution in [0, 0.1) is 6.92 Å². The molecule has 3 heteroatoms. The van der Waals surface area contributed by atoms with Gasteiger partial charge < -0.3 is 5.11 Å². The lowest BCUT2D eigenvalue weighted by atomic mass is 10.1. The van der Waals surface area contributed by atoms with Crippen molar-refractivity contribution in [3.63, 3.8) is 0 Å². The van der Waals surface area contributed by atoms with Crippen LogP contribution in [0.15, 0.2) is 36.7 Å². The molecule has 0 saturated carbocycles. The largest absolute Gasteiger partial charge is 0.383 e. The molecule has 0 radical (unpaired) electrons. The van der Waals surface area contributed by atoms with Crippen molar-refractivity contribution >= 4 is 11.3 Å². The number of aryl methyl sites for hydroxylation is 1. The van der Waals surface area contributed by atoms with Crippen molar-refractivity contribution in [3.05, 3.63) is 52.0 Å². The van der Waals surface area contributed by atoms with Gasteiger partial charge in [0.15, 0.2) is 0 Å². The Labute approximate surface area is 86.9 Å². The zero-order valence-electron chi connectivity index (χ0n) is 7.84. The third kappa shape index (κ3) is 1.84. The minimum absolute atomic E-state index is 0.539. The van der Waals surface area contributed by atoms with E-state index in [1.165, 1.54) is 4.88 Å². The fourth-order valence-electron chi connectivity index (χ4n) is 1.30. The van der Waals surface area contributed by atoms with Crippen molar-refractivity contribution in [2.24, 2.45) is 0 Å². The minimum atomic E-state index is -0.539. The monoisotopic (exact) mass is 205 g/mol. The molecule has 0 amide bonds. The van der Waals surface area contributed by atoms with Crippen molar-refractivity contribution in [2.45, 2.75) is 13.0 Å². The first-order valence-electron chi connectivity index (χ1n) is 4.41. The summed E-state index contributed by atoms with van der Waals surface area (Å²) < 4.78 is 0. The highest BCUT2D eigenvalue weighted by molar-refractivity contribution is 7.12. The molecule has 0 spiro atoms. The number of hydrogen-bond acceptors (Lipinski definition) is 3. The third-order valence-corrected chi connectivity index (χ3v) is 3.08. The average Bonchev–Trinajstić information content (AvgIpc) is 2.65. The van der Waals surface area contributed by atoms with E-state index in [0.717, 1.165) is 10.4 Å². The smallest absolute Gasteiger partial charge is 0.115 e. The van der Waals surface area contributed by atoms with E-state index in [1.54, 1.807) is 23.7 Å². The maximum Gasteiger partial charge on any atom is 0.115 e. The van der Waals surface area contributed by atoms with E-state index in [9.17, 15) is 5.11 Å². The number of pyridine rings is 1. The summed E-state index contributed by atoms with van der Waals surface area (Å²) in [5.74, 6) is 0. The summed E-state index contributed by atoms with van der Waals surface area (Å²) in [6, 6.07) is 7.68. The molecule has 1 atom stereocenters. The fraction of sp³-hybridized carbons (Fsp3) is 0.182. The minimum Gasteiger partial charge on any atom is -0.383 e.